The third-order valence-corrected chi connectivity index (χ3v) is 5.77. The molecule has 0 aromatic heterocycles. The first-order chi connectivity index (χ1) is 16.4. The molecule has 2 rings (SSSR count). The van der Waals surface area contributed by atoms with Gasteiger partial charge < -0.3 is 18.9 Å². The lowest BCUT2D eigenvalue weighted by Crippen LogP contribution is -2.68. The molecule has 1 N–H and O–H groups in total. The number of esters is 3. The van der Waals surface area contributed by atoms with Crippen LogP contribution in [0.3, 0.4) is 0 Å². The lowest BCUT2D eigenvalue weighted by molar-refractivity contribution is -0.570. The number of aliphatic imine (C=N–C) groups is 1. The van der Waals surface area contributed by atoms with Crippen LogP contribution in [0.25, 0.3) is 0 Å². The van der Waals surface area contributed by atoms with Gasteiger partial charge in [-0.15, -0.1) is 0 Å². The van der Waals surface area contributed by atoms with Crippen molar-refractivity contribution < 1.29 is 43.2 Å². The van der Waals surface area contributed by atoms with Gasteiger partial charge in [0.1, 0.15) is 12.7 Å². The van der Waals surface area contributed by atoms with Gasteiger partial charge in [-0.3, -0.25) is 39.9 Å². The highest BCUT2D eigenvalue weighted by atomic mass is 32.1. The summed E-state index contributed by atoms with van der Waals surface area (Å²) in [5.41, 5.74) is 0. The predicted octanol–water partition coefficient (Wildman–Crippen LogP) is 0.0419. The summed E-state index contributed by atoms with van der Waals surface area (Å²) in [7, 11) is 0. The molecule has 16 heteroatoms. The summed E-state index contributed by atoms with van der Waals surface area (Å²) in [6.45, 7) is 2.99. The second-order valence-electron chi connectivity index (χ2n) is 8.14. The second kappa shape index (κ2) is 12.6. The fourth-order valence-electron chi connectivity index (χ4n) is 4.25. The molecule has 1 heterocycles. The van der Waals surface area contributed by atoms with Crippen molar-refractivity contribution in [1.29, 1.82) is 0 Å². The van der Waals surface area contributed by atoms with Gasteiger partial charge in [0.05, 0.1) is 23.7 Å². The van der Waals surface area contributed by atoms with E-state index in [1.165, 1.54) is 0 Å². The maximum Gasteiger partial charge on any atom is 0.303 e. The summed E-state index contributed by atoms with van der Waals surface area (Å²) in [6, 6.07) is -4.42. The molecule has 35 heavy (non-hydrogen) atoms. The highest BCUT2D eigenvalue weighted by Gasteiger charge is 2.53. The predicted molar refractivity (Wildman–Crippen MR) is 118 cm³/mol. The van der Waals surface area contributed by atoms with Crippen LogP contribution in [0, 0.1) is 20.2 Å². The Morgan fingerprint density at radius 2 is 1.69 bits per heavy atom. The number of hydrogen-bond donors (Lipinski definition) is 1. The number of nitrogens with zero attached hydrogens (tertiary/aromatic N) is 3. The molecule has 1 aliphatic heterocycles. The molecule has 0 aromatic rings. The molecule has 0 bridgehead atoms. The molecule has 2 aliphatic rings. The Balaban J connectivity index is 2.43. The van der Waals surface area contributed by atoms with Crippen LogP contribution in [0.2, 0.25) is 0 Å². The number of nitro groups is 2. The first-order valence-corrected chi connectivity index (χ1v) is 11.1. The van der Waals surface area contributed by atoms with E-state index in [2.05, 4.69) is 27.7 Å². The van der Waals surface area contributed by atoms with Crippen LogP contribution < -0.4 is 5.32 Å². The smallest absolute Gasteiger partial charge is 0.303 e. The molecule has 1 saturated carbocycles. The molecule has 1 saturated heterocycles. The quantitative estimate of drug-likeness (QED) is 0.107. The maximum absolute atomic E-state index is 11.9. The lowest BCUT2D eigenvalue weighted by Gasteiger charge is -2.45. The van der Waals surface area contributed by atoms with Crippen molar-refractivity contribution >= 4 is 35.3 Å². The van der Waals surface area contributed by atoms with Gasteiger partial charge in [-0.05, 0) is 18.6 Å². The third kappa shape index (κ3) is 7.71. The van der Waals surface area contributed by atoms with E-state index in [1.54, 1.807) is 0 Å². The van der Waals surface area contributed by atoms with Gasteiger partial charge >= 0.3 is 17.9 Å². The number of rotatable bonds is 9. The van der Waals surface area contributed by atoms with Gasteiger partial charge in [0.25, 0.3) is 0 Å². The molecular weight excluding hydrogens is 492 g/mol. The van der Waals surface area contributed by atoms with Crippen LogP contribution in [-0.4, -0.2) is 88.2 Å². The maximum atomic E-state index is 11.9. The molecule has 0 aromatic carbocycles. The van der Waals surface area contributed by atoms with Gasteiger partial charge in [0, 0.05) is 37.0 Å². The topological polar surface area (TPSA) is 199 Å². The van der Waals surface area contributed by atoms with Crippen LogP contribution in [0.1, 0.15) is 40.0 Å². The Labute approximate surface area is 204 Å². The highest BCUT2D eigenvalue weighted by Crippen LogP contribution is 2.30. The summed E-state index contributed by atoms with van der Waals surface area (Å²) in [6.07, 6.45) is -5.11. The van der Waals surface area contributed by atoms with Gasteiger partial charge in [-0.2, -0.15) is 4.99 Å². The first kappa shape index (κ1) is 28.2. The summed E-state index contributed by atoms with van der Waals surface area (Å²) < 4.78 is 21.6. The molecule has 0 spiro atoms. The Morgan fingerprint density at radius 3 is 2.20 bits per heavy atom. The van der Waals surface area contributed by atoms with Gasteiger partial charge in [-0.25, -0.2) is 0 Å². The zero-order valence-corrected chi connectivity index (χ0v) is 20.0. The number of hydrogen-bond acceptors (Lipinski definition) is 14. The Kier molecular flexibility index (Phi) is 10.1. The standard InChI is InChI=1S/C19H26N4O11S/c1-9(24)31-7-15-17(32-10(2)25)18(33-11(3)26)16(19(34-15)20-8-35)21-13-5-4-12(22(27)28)6-14(13)23(29)30/h12-19,21H,4-7H2,1-3H3/t12-,13-,14-,15+,16-,17-,18-,19+/m1/s1. The number of isothiocyanates is 1. The summed E-state index contributed by atoms with van der Waals surface area (Å²) in [4.78, 5) is 60.8. The summed E-state index contributed by atoms with van der Waals surface area (Å²) in [5, 5.41) is 28.0. The Bertz CT molecular complexity index is 896. The molecule has 0 unspecified atom stereocenters. The van der Waals surface area contributed by atoms with E-state index < -0.39 is 76.5 Å². The van der Waals surface area contributed by atoms with Crippen molar-refractivity contribution in [3.8, 4) is 0 Å². The molecule has 0 amide bonds. The third-order valence-electron chi connectivity index (χ3n) is 5.66. The molecule has 2 fully saturated rings. The van der Waals surface area contributed by atoms with Crippen LogP contribution in [-0.2, 0) is 33.3 Å². The Morgan fingerprint density at radius 1 is 1.06 bits per heavy atom. The summed E-state index contributed by atoms with van der Waals surface area (Å²) in [5.74, 6) is -2.17. The monoisotopic (exact) mass is 518 g/mol. The van der Waals surface area contributed by atoms with Crippen molar-refractivity contribution in [3.63, 3.8) is 0 Å². The van der Waals surface area contributed by atoms with E-state index in [0.717, 1.165) is 20.8 Å². The minimum atomic E-state index is -1.33. The molecule has 0 radical (unpaired) electrons. The van der Waals surface area contributed by atoms with Crippen molar-refractivity contribution in [1.82, 2.24) is 5.32 Å². The first-order valence-electron chi connectivity index (χ1n) is 10.7. The average molecular weight is 519 g/mol. The summed E-state index contributed by atoms with van der Waals surface area (Å²) >= 11 is 4.68. The SMILES string of the molecule is CC(=O)OC[C@@H]1O[C@H](N=C=S)[C@H](N[C@@H]2CC[C@@H]([N+](=O)[O-])C[C@H]2[N+](=O)[O-])[C@@H](OC(C)=O)[C@@H]1OC(C)=O. The number of carbonyl (C=O) groups is 3. The van der Waals surface area contributed by atoms with E-state index in [1.807, 2.05) is 0 Å². The zero-order chi connectivity index (χ0) is 26.3. The van der Waals surface area contributed by atoms with E-state index in [4.69, 9.17) is 18.9 Å². The fourth-order valence-corrected chi connectivity index (χ4v) is 4.35. The largest absolute Gasteiger partial charge is 0.463 e. The molecular formula is C19H26N4O11S. The second-order valence-corrected chi connectivity index (χ2v) is 8.32. The molecule has 15 nitrogen and oxygen atoms in total. The normalized spacial score (nSPS) is 32.4. The van der Waals surface area contributed by atoms with Crippen molar-refractivity contribution in [3.05, 3.63) is 20.2 Å². The van der Waals surface area contributed by atoms with Crippen LogP contribution in [0.5, 0.6) is 0 Å². The van der Waals surface area contributed by atoms with Crippen molar-refractivity contribution in [2.24, 2.45) is 4.99 Å². The van der Waals surface area contributed by atoms with E-state index in [0.29, 0.717) is 0 Å². The van der Waals surface area contributed by atoms with Gasteiger partial charge in [-0.1, -0.05) is 0 Å². The van der Waals surface area contributed by atoms with Crippen LogP contribution >= 0.6 is 12.2 Å². The van der Waals surface area contributed by atoms with Crippen molar-refractivity contribution in [2.75, 3.05) is 6.61 Å². The number of thiocarbonyl (C=S) groups is 1. The number of nitrogens with one attached hydrogen (secondary N) is 1. The van der Waals surface area contributed by atoms with E-state index >= 15 is 0 Å². The molecule has 8 atom stereocenters. The van der Waals surface area contributed by atoms with E-state index in [-0.39, 0.29) is 25.9 Å². The number of ether oxygens (including phenoxy) is 4. The highest BCUT2D eigenvalue weighted by molar-refractivity contribution is 7.78. The lowest BCUT2D eigenvalue weighted by atomic mass is 9.85. The minimum absolute atomic E-state index is 0.0592. The van der Waals surface area contributed by atoms with Crippen molar-refractivity contribution in [2.45, 2.75) is 88.7 Å². The van der Waals surface area contributed by atoms with E-state index in [9.17, 15) is 34.6 Å². The molecule has 194 valence electrons. The van der Waals surface area contributed by atoms with Crippen LogP contribution in [0.15, 0.2) is 4.99 Å². The minimum Gasteiger partial charge on any atom is -0.463 e. The van der Waals surface area contributed by atoms with Crippen LogP contribution in [0.4, 0.5) is 0 Å². The zero-order valence-electron chi connectivity index (χ0n) is 19.2. The van der Waals surface area contributed by atoms with Gasteiger partial charge in [0.2, 0.25) is 12.1 Å². The molecule has 1 aliphatic carbocycles. The Hall–Kier alpha value is -3.07. The number of carbonyl (C=O) groups excluding carboxylic acids is 3. The fraction of sp³-hybridized carbons (Fsp3) is 0.789. The average Bonchev–Trinajstić information content (AvgIpc) is 2.75. The van der Waals surface area contributed by atoms with Gasteiger partial charge in [0.15, 0.2) is 18.4 Å².